The summed E-state index contributed by atoms with van der Waals surface area (Å²) in [5.74, 6) is -0.146. The van der Waals surface area contributed by atoms with E-state index in [0.29, 0.717) is 35.2 Å². The molecule has 0 heterocycles. The standard InChI is InChI=1S/C37H42ClN3O5S/c1-5-46-33-18-20-34(21-19-33)47(44,45)41(32-16-14-28(4)15-17-32)26-36(42)40(25-30-12-9-13-31(38)22-30)35(37(43)39-24-27(2)3)23-29-10-7-6-8-11-29/h6-22,27,35H,5,23-26H2,1-4H3,(H,39,43). The Kier molecular flexibility index (Phi) is 12.4. The number of aryl methyl sites for hydroxylation is 1. The van der Waals surface area contributed by atoms with Crippen molar-refractivity contribution in [3.63, 3.8) is 0 Å². The van der Waals surface area contributed by atoms with E-state index in [9.17, 15) is 18.0 Å². The van der Waals surface area contributed by atoms with Crippen LogP contribution in [0.4, 0.5) is 5.69 Å². The van der Waals surface area contributed by atoms with Gasteiger partial charge in [0.15, 0.2) is 0 Å². The van der Waals surface area contributed by atoms with Gasteiger partial charge in [-0.05, 0) is 79.4 Å². The number of hydrogen-bond donors (Lipinski definition) is 1. The van der Waals surface area contributed by atoms with Crippen LogP contribution in [-0.2, 0) is 32.6 Å². The molecule has 0 aromatic heterocycles. The second-order valence-corrected chi connectivity index (χ2v) is 14.0. The summed E-state index contributed by atoms with van der Waals surface area (Å²) in [6, 6.07) is 28.6. The summed E-state index contributed by atoms with van der Waals surface area (Å²) in [6.45, 7) is 8.09. The number of nitrogens with zero attached hydrogens (tertiary/aromatic N) is 2. The van der Waals surface area contributed by atoms with Crippen molar-refractivity contribution in [3.8, 4) is 5.75 Å². The molecule has 0 aliphatic heterocycles. The quantitative estimate of drug-likeness (QED) is 0.152. The molecule has 0 aliphatic rings. The number of halogens is 1. The fraction of sp³-hybridized carbons (Fsp3) is 0.297. The average molecular weight is 676 g/mol. The Bertz CT molecular complexity index is 1730. The predicted molar refractivity (Wildman–Crippen MR) is 187 cm³/mol. The summed E-state index contributed by atoms with van der Waals surface area (Å²) in [6.07, 6.45) is 0.229. The highest BCUT2D eigenvalue weighted by Crippen LogP contribution is 2.27. The van der Waals surface area contributed by atoms with Gasteiger partial charge in [-0.25, -0.2) is 8.42 Å². The summed E-state index contributed by atoms with van der Waals surface area (Å²) in [4.78, 5) is 29.9. The van der Waals surface area contributed by atoms with E-state index < -0.39 is 28.5 Å². The van der Waals surface area contributed by atoms with E-state index in [2.05, 4.69) is 5.32 Å². The lowest BCUT2D eigenvalue weighted by molar-refractivity contribution is -0.140. The van der Waals surface area contributed by atoms with Crippen molar-refractivity contribution >= 4 is 39.1 Å². The van der Waals surface area contributed by atoms with Gasteiger partial charge in [-0.15, -0.1) is 0 Å². The van der Waals surface area contributed by atoms with E-state index in [-0.39, 0.29) is 29.7 Å². The molecule has 0 spiro atoms. The van der Waals surface area contributed by atoms with Gasteiger partial charge in [-0.2, -0.15) is 0 Å². The first-order chi connectivity index (χ1) is 22.5. The first-order valence-electron chi connectivity index (χ1n) is 15.7. The number of nitrogens with one attached hydrogen (secondary N) is 1. The van der Waals surface area contributed by atoms with Crippen molar-refractivity contribution < 1.29 is 22.7 Å². The number of amides is 2. The van der Waals surface area contributed by atoms with Crippen LogP contribution in [0.15, 0.2) is 108 Å². The molecule has 248 valence electrons. The van der Waals surface area contributed by atoms with E-state index in [1.807, 2.05) is 64.1 Å². The number of anilines is 1. The Morgan fingerprint density at radius 1 is 0.872 bits per heavy atom. The smallest absolute Gasteiger partial charge is 0.264 e. The molecule has 0 bridgehead atoms. The maximum absolute atomic E-state index is 14.6. The third-order valence-electron chi connectivity index (χ3n) is 7.52. The second-order valence-electron chi connectivity index (χ2n) is 11.7. The monoisotopic (exact) mass is 675 g/mol. The summed E-state index contributed by atoms with van der Waals surface area (Å²) >= 11 is 6.32. The van der Waals surface area contributed by atoms with Crippen molar-refractivity contribution in [2.24, 2.45) is 5.92 Å². The molecule has 0 saturated carbocycles. The van der Waals surface area contributed by atoms with Gasteiger partial charge in [0.05, 0.1) is 17.2 Å². The number of carbonyl (C=O) groups excluding carboxylic acids is 2. The SMILES string of the molecule is CCOc1ccc(S(=O)(=O)N(CC(=O)N(Cc2cccc(Cl)c2)C(Cc2ccccc2)C(=O)NCC(C)C)c2ccc(C)cc2)cc1. The van der Waals surface area contributed by atoms with Crippen molar-refractivity contribution in [2.75, 3.05) is 24.0 Å². The average Bonchev–Trinajstić information content (AvgIpc) is 3.05. The van der Waals surface area contributed by atoms with Crippen LogP contribution in [0.2, 0.25) is 5.02 Å². The highest BCUT2D eigenvalue weighted by Gasteiger charge is 2.34. The minimum absolute atomic E-state index is 0.00577. The Morgan fingerprint density at radius 3 is 2.15 bits per heavy atom. The zero-order valence-corrected chi connectivity index (χ0v) is 28.8. The van der Waals surface area contributed by atoms with Crippen LogP contribution < -0.4 is 14.4 Å². The molecule has 1 unspecified atom stereocenters. The molecule has 4 aromatic carbocycles. The van der Waals surface area contributed by atoms with Crippen LogP contribution in [0, 0.1) is 12.8 Å². The molecule has 0 fully saturated rings. The van der Waals surface area contributed by atoms with Crippen molar-refractivity contribution in [1.82, 2.24) is 10.2 Å². The lowest BCUT2D eigenvalue weighted by Crippen LogP contribution is -2.53. The molecule has 0 aliphatic carbocycles. The van der Waals surface area contributed by atoms with Crippen LogP contribution >= 0.6 is 11.6 Å². The van der Waals surface area contributed by atoms with E-state index in [1.165, 1.54) is 17.0 Å². The highest BCUT2D eigenvalue weighted by atomic mass is 35.5. The highest BCUT2D eigenvalue weighted by molar-refractivity contribution is 7.92. The molecule has 2 amide bonds. The maximum atomic E-state index is 14.6. The number of rotatable bonds is 15. The van der Waals surface area contributed by atoms with E-state index >= 15 is 0 Å². The lowest BCUT2D eigenvalue weighted by Gasteiger charge is -2.34. The first kappa shape index (κ1) is 35.5. The van der Waals surface area contributed by atoms with E-state index in [1.54, 1.807) is 54.6 Å². The zero-order valence-electron chi connectivity index (χ0n) is 27.2. The molecule has 1 N–H and O–H groups in total. The molecule has 4 aromatic rings. The third kappa shape index (κ3) is 9.83. The Labute approximate surface area is 283 Å². The van der Waals surface area contributed by atoms with Gasteiger partial charge >= 0.3 is 0 Å². The minimum Gasteiger partial charge on any atom is -0.494 e. The van der Waals surface area contributed by atoms with Gasteiger partial charge in [-0.1, -0.05) is 85.6 Å². The molecule has 8 nitrogen and oxygen atoms in total. The Morgan fingerprint density at radius 2 is 1.53 bits per heavy atom. The zero-order chi connectivity index (χ0) is 34.0. The second kappa shape index (κ2) is 16.5. The molecule has 10 heteroatoms. The van der Waals surface area contributed by atoms with Gasteiger partial charge in [-0.3, -0.25) is 13.9 Å². The van der Waals surface area contributed by atoms with Gasteiger partial charge in [0, 0.05) is 24.5 Å². The number of sulfonamides is 1. The van der Waals surface area contributed by atoms with Gasteiger partial charge in [0.1, 0.15) is 18.3 Å². The number of ether oxygens (including phenoxy) is 1. The molecule has 0 saturated heterocycles. The fourth-order valence-electron chi connectivity index (χ4n) is 5.05. The molecular formula is C37H42ClN3O5S. The van der Waals surface area contributed by atoms with E-state index in [0.717, 1.165) is 15.4 Å². The molecule has 1 atom stereocenters. The topological polar surface area (TPSA) is 96.0 Å². The van der Waals surface area contributed by atoms with E-state index in [4.69, 9.17) is 16.3 Å². The van der Waals surface area contributed by atoms with Crippen LogP contribution in [0.25, 0.3) is 0 Å². The number of benzene rings is 4. The summed E-state index contributed by atoms with van der Waals surface area (Å²) < 4.78 is 35.1. The Balaban J connectivity index is 1.79. The van der Waals surface area contributed by atoms with Gasteiger partial charge < -0.3 is 15.0 Å². The first-order valence-corrected chi connectivity index (χ1v) is 17.5. The third-order valence-corrected chi connectivity index (χ3v) is 9.54. The molecule has 0 radical (unpaired) electrons. The fourth-order valence-corrected chi connectivity index (χ4v) is 6.68. The predicted octanol–water partition coefficient (Wildman–Crippen LogP) is 6.65. The number of hydrogen-bond acceptors (Lipinski definition) is 5. The van der Waals surface area contributed by atoms with Crippen molar-refractivity contribution in [1.29, 1.82) is 0 Å². The lowest BCUT2D eigenvalue weighted by atomic mass is 10.0. The van der Waals surface area contributed by atoms with Crippen LogP contribution in [0.3, 0.4) is 0 Å². The van der Waals surface area contributed by atoms with Crippen molar-refractivity contribution in [2.45, 2.75) is 51.6 Å². The Hall–Kier alpha value is -4.34. The van der Waals surface area contributed by atoms with Gasteiger partial charge in [0.2, 0.25) is 11.8 Å². The molecule has 4 rings (SSSR count). The normalized spacial score (nSPS) is 12.0. The van der Waals surface area contributed by atoms with Crippen LogP contribution in [0.5, 0.6) is 5.75 Å². The summed E-state index contributed by atoms with van der Waals surface area (Å²) in [5, 5.41) is 3.48. The largest absolute Gasteiger partial charge is 0.494 e. The van der Waals surface area contributed by atoms with Crippen molar-refractivity contribution in [3.05, 3.63) is 125 Å². The molecule has 47 heavy (non-hydrogen) atoms. The summed E-state index contributed by atoms with van der Waals surface area (Å²) in [7, 11) is -4.22. The maximum Gasteiger partial charge on any atom is 0.264 e. The number of carbonyl (C=O) groups is 2. The van der Waals surface area contributed by atoms with Crippen LogP contribution in [0.1, 0.15) is 37.5 Å². The summed E-state index contributed by atoms with van der Waals surface area (Å²) in [5.41, 5.74) is 2.82. The minimum atomic E-state index is -4.22. The van der Waals surface area contributed by atoms with Gasteiger partial charge in [0.25, 0.3) is 10.0 Å². The molecular weight excluding hydrogens is 634 g/mol. The van der Waals surface area contributed by atoms with Crippen LogP contribution in [-0.4, -0.2) is 50.9 Å².